The predicted molar refractivity (Wildman–Crippen MR) is 80.3 cm³/mol. The van der Waals surface area contributed by atoms with Gasteiger partial charge in [0.1, 0.15) is 17.9 Å². The summed E-state index contributed by atoms with van der Waals surface area (Å²) >= 11 is 3.40. The molecule has 0 aliphatic carbocycles. The van der Waals surface area contributed by atoms with Crippen LogP contribution in [0.4, 0.5) is 0 Å². The number of nitrogens with zero attached hydrogens (tertiary/aromatic N) is 4. The van der Waals surface area contributed by atoms with E-state index in [1.54, 1.807) is 31.6 Å². The molecule has 1 aromatic carbocycles. The zero-order chi connectivity index (χ0) is 14.8. The highest BCUT2D eigenvalue weighted by Gasteiger charge is 2.20. The first-order chi connectivity index (χ1) is 10.2. The van der Waals surface area contributed by atoms with Gasteiger partial charge in [0.25, 0.3) is 0 Å². The number of ketones is 1. The van der Waals surface area contributed by atoms with Crippen LogP contribution in [0, 0.1) is 0 Å². The number of ether oxygens (including phenoxy) is 1. The number of methoxy groups -OCH3 is 1. The molecule has 1 aliphatic rings. The lowest BCUT2D eigenvalue weighted by molar-refractivity contribution is 0.0908. The molecular formula is C14H15BrN4O2. The van der Waals surface area contributed by atoms with E-state index in [9.17, 15) is 4.79 Å². The molecule has 6 nitrogen and oxygen atoms in total. The molecule has 0 atom stereocenters. The van der Waals surface area contributed by atoms with Gasteiger partial charge in [-0.05, 0) is 34.1 Å². The van der Waals surface area contributed by atoms with Crippen LogP contribution in [0.15, 0.2) is 29.0 Å². The first-order valence-electron chi connectivity index (χ1n) is 6.63. The fourth-order valence-corrected chi connectivity index (χ4v) is 2.93. The quantitative estimate of drug-likeness (QED) is 0.786. The second-order valence-corrected chi connectivity index (χ2v) is 5.78. The number of Topliss-reactive ketones (excluding diaryl/α,β-unsaturated/α-hetero) is 1. The van der Waals surface area contributed by atoms with E-state index in [1.807, 2.05) is 4.57 Å². The number of rotatable bonds is 4. The number of carbonyl (C=O) groups excluding carboxylic acids is 1. The lowest BCUT2D eigenvalue weighted by Crippen LogP contribution is -2.37. The van der Waals surface area contributed by atoms with Gasteiger partial charge >= 0.3 is 0 Å². The van der Waals surface area contributed by atoms with Gasteiger partial charge in [-0.25, -0.2) is 0 Å². The number of halogens is 1. The van der Waals surface area contributed by atoms with Gasteiger partial charge in [-0.1, -0.05) is 0 Å². The highest BCUT2D eigenvalue weighted by Crippen LogP contribution is 2.25. The van der Waals surface area contributed by atoms with E-state index in [0.29, 0.717) is 18.7 Å². The number of carbonyl (C=O) groups is 1. The van der Waals surface area contributed by atoms with Gasteiger partial charge < -0.3 is 9.30 Å². The molecule has 7 heteroatoms. The summed E-state index contributed by atoms with van der Waals surface area (Å²) in [5, 5.41) is 7.95. The number of fused-ring (bicyclic) bond motifs is 1. The Morgan fingerprint density at radius 1 is 1.43 bits per heavy atom. The van der Waals surface area contributed by atoms with Crippen molar-refractivity contribution in [3.8, 4) is 5.75 Å². The van der Waals surface area contributed by atoms with Crippen LogP contribution in [0.5, 0.6) is 5.75 Å². The Bertz CT molecular complexity index is 671. The first kappa shape index (κ1) is 14.2. The average molecular weight is 351 g/mol. The maximum Gasteiger partial charge on any atom is 0.176 e. The Hall–Kier alpha value is -1.73. The molecular weight excluding hydrogens is 336 g/mol. The Morgan fingerprint density at radius 3 is 3.05 bits per heavy atom. The summed E-state index contributed by atoms with van der Waals surface area (Å²) in [4.78, 5) is 14.5. The molecule has 1 aromatic heterocycles. The van der Waals surface area contributed by atoms with E-state index in [4.69, 9.17) is 4.74 Å². The maximum absolute atomic E-state index is 12.4. The predicted octanol–water partition coefficient (Wildman–Crippen LogP) is 1.75. The van der Waals surface area contributed by atoms with Crippen molar-refractivity contribution in [1.29, 1.82) is 0 Å². The standard InChI is InChI=1S/C14H15BrN4O2/c1-21-13-3-2-10(6-11(13)15)12(20)7-18-4-5-19-9-16-17-14(19)8-18/h2-3,6,9H,4-5,7-8H2,1H3. The molecule has 0 unspecified atom stereocenters. The normalized spacial score (nSPS) is 14.8. The number of hydrogen-bond acceptors (Lipinski definition) is 5. The minimum absolute atomic E-state index is 0.0892. The minimum Gasteiger partial charge on any atom is -0.496 e. The summed E-state index contributed by atoms with van der Waals surface area (Å²) in [5.74, 6) is 1.72. The number of benzene rings is 1. The van der Waals surface area contributed by atoms with Crippen LogP contribution in [0.2, 0.25) is 0 Å². The summed E-state index contributed by atoms with van der Waals surface area (Å²) in [6, 6.07) is 5.39. The van der Waals surface area contributed by atoms with Crippen LogP contribution in [0.1, 0.15) is 16.2 Å². The molecule has 0 amide bonds. The van der Waals surface area contributed by atoms with Gasteiger partial charge in [0.2, 0.25) is 0 Å². The van der Waals surface area contributed by atoms with Gasteiger partial charge in [0, 0.05) is 18.7 Å². The van der Waals surface area contributed by atoms with Crippen LogP contribution in [0.25, 0.3) is 0 Å². The van der Waals surface area contributed by atoms with Gasteiger partial charge in [0.15, 0.2) is 5.78 Å². The topological polar surface area (TPSA) is 60.2 Å². The van der Waals surface area contributed by atoms with Crippen LogP contribution < -0.4 is 4.74 Å². The zero-order valence-corrected chi connectivity index (χ0v) is 13.2. The van der Waals surface area contributed by atoms with Crippen molar-refractivity contribution >= 4 is 21.7 Å². The highest BCUT2D eigenvalue weighted by molar-refractivity contribution is 9.10. The monoisotopic (exact) mass is 350 g/mol. The van der Waals surface area contributed by atoms with Crippen molar-refractivity contribution < 1.29 is 9.53 Å². The van der Waals surface area contributed by atoms with E-state index < -0.39 is 0 Å². The third kappa shape index (κ3) is 2.98. The third-order valence-electron chi connectivity index (χ3n) is 3.56. The number of aromatic nitrogens is 3. The molecule has 0 N–H and O–H groups in total. The van der Waals surface area contributed by atoms with Crippen LogP contribution >= 0.6 is 15.9 Å². The molecule has 1 aliphatic heterocycles. The summed E-state index contributed by atoms with van der Waals surface area (Å²) < 4.78 is 7.98. The molecule has 0 saturated heterocycles. The Labute approximate surface area is 130 Å². The largest absolute Gasteiger partial charge is 0.496 e. The second kappa shape index (κ2) is 5.95. The van der Waals surface area contributed by atoms with Gasteiger partial charge in [-0.3, -0.25) is 9.69 Å². The Kier molecular flexibility index (Phi) is 4.03. The summed E-state index contributed by atoms with van der Waals surface area (Å²) in [6.45, 7) is 2.69. The summed E-state index contributed by atoms with van der Waals surface area (Å²) in [6.07, 6.45) is 1.73. The minimum atomic E-state index is 0.0892. The molecule has 0 saturated carbocycles. The Balaban J connectivity index is 1.68. The van der Waals surface area contributed by atoms with Crippen molar-refractivity contribution in [2.45, 2.75) is 13.1 Å². The zero-order valence-electron chi connectivity index (χ0n) is 11.6. The van der Waals surface area contributed by atoms with E-state index >= 15 is 0 Å². The van der Waals surface area contributed by atoms with Gasteiger partial charge in [-0.15, -0.1) is 10.2 Å². The van der Waals surface area contributed by atoms with Crippen LogP contribution in [0.3, 0.4) is 0 Å². The summed E-state index contributed by atoms with van der Waals surface area (Å²) in [7, 11) is 1.60. The number of hydrogen-bond donors (Lipinski definition) is 0. The van der Waals surface area contributed by atoms with E-state index in [1.165, 1.54) is 0 Å². The Morgan fingerprint density at radius 2 is 2.29 bits per heavy atom. The fourth-order valence-electron chi connectivity index (χ4n) is 2.39. The molecule has 0 fully saturated rings. The van der Waals surface area contributed by atoms with Crippen LogP contribution in [-0.2, 0) is 13.1 Å². The molecule has 0 radical (unpaired) electrons. The second-order valence-electron chi connectivity index (χ2n) is 4.92. The molecule has 0 spiro atoms. The lowest BCUT2D eigenvalue weighted by atomic mass is 10.1. The molecule has 110 valence electrons. The smallest absolute Gasteiger partial charge is 0.176 e. The van der Waals surface area contributed by atoms with E-state index in [0.717, 1.165) is 29.1 Å². The van der Waals surface area contributed by atoms with Crippen LogP contribution in [-0.4, -0.2) is 45.6 Å². The molecule has 2 heterocycles. The van der Waals surface area contributed by atoms with Crippen molar-refractivity contribution in [3.63, 3.8) is 0 Å². The van der Waals surface area contributed by atoms with Crippen molar-refractivity contribution in [2.75, 3.05) is 20.2 Å². The SMILES string of the molecule is COc1ccc(C(=O)CN2CCn3cnnc3C2)cc1Br. The molecule has 3 rings (SSSR count). The van der Waals surface area contributed by atoms with Gasteiger partial charge in [0.05, 0.1) is 24.7 Å². The van der Waals surface area contributed by atoms with Crippen molar-refractivity contribution in [1.82, 2.24) is 19.7 Å². The maximum atomic E-state index is 12.4. The van der Waals surface area contributed by atoms with Gasteiger partial charge in [-0.2, -0.15) is 0 Å². The lowest BCUT2D eigenvalue weighted by Gasteiger charge is -2.26. The van der Waals surface area contributed by atoms with Crippen molar-refractivity contribution in [2.24, 2.45) is 0 Å². The molecule has 0 bridgehead atoms. The van der Waals surface area contributed by atoms with E-state index in [2.05, 4.69) is 31.0 Å². The highest BCUT2D eigenvalue weighted by atomic mass is 79.9. The fraction of sp³-hybridized carbons (Fsp3) is 0.357. The van der Waals surface area contributed by atoms with Crippen molar-refractivity contribution in [3.05, 3.63) is 40.4 Å². The van der Waals surface area contributed by atoms with E-state index in [-0.39, 0.29) is 5.78 Å². The molecule has 2 aromatic rings. The first-order valence-corrected chi connectivity index (χ1v) is 7.42. The average Bonchev–Trinajstić information content (AvgIpc) is 2.94. The molecule has 21 heavy (non-hydrogen) atoms. The third-order valence-corrected chi connectivity index (χ3v) is 4.18. The summed E-state index contributed by atoms with van der Waals surface area (Å²) in [5.41, 5.74) is 0.676.